The molecule has 0 spiro atoms. The summed E-state index contributed by atoms with van der Waals surface area (Å²) in [5.41, 5.74) is 0.674. The first kappa shape index (κ1) is 17.7. The summed E-state index contributed by atoms with van der Waals surface area (Å²) in [5.74, 6) is 1.92. The minimum Gasteiger partial charge on any atom is -0.455 e. The molecule has 1 aliphatic rings. The summed E-state index contributed by atoms with van der Waals surface area (Å²) in [6.45, 7) is 0. The van der Waals surface area contributed by atoms with Gasteiger partial charge in [-0.15, -0.1) is 11.3 Å². The van der Waals surface area contributed by atoms with Crippen LogP contribution >= 0.6 is 11.3 Å². The molecule has 1 fully saturated rings. The fourth-order valence-electron chi connectivity index (χ4n) is 3.28. The van der Waals surface area contributed by atoms with Crippen molar-refractivity contribution in [3.05, 3.63) is 83.9 Å². The summed E-state index contributed by atoms with van der Waals surface area (Å²) in [6.07, 6.45) is 1.49. The number of benzene rings is 2. The van der Waals surface area contributed by atoms with Gasteiger partial charge in [-0.05, 0) is 48.6 Å². The predicted molar refractivity (Wildman–Crippen MR) is 112 cm³/mol. The molecule has 5 nitrogen and oxygen atoms in total. The molecule has 2 heterocycles. The average molecular weight is 402 g/mol. The molecule has 1 N–H and O–H groups in total. The third-order valence-corrected chi connectivity index (χ3v) is 5.94. The van der Waals surface area contributed by atoms with Crippen molar-refractivity contribution in [2.45, 2.75) is 18.3 Å². The zero-order valence-electron chi connectivity index (χ0n) is 15.5. The molecular formula is C23H18N2O3S. The van der Waals surface area contributed by atoms with E-state index in [4.69, 9.17) is 9.26 Å². The number of nitrogens with one attached hydrogen (secondary N) is 1. The molecule has 0 bridgehead atoms. The van der Waals surface area contributed by atoms with E-state index in [1.807, 2.05) is 78.2 Å². The van der Waals surface area contributed by atoms with E-state index in [2.05, 4.69) is 10.5 Å². The van der Waals surface area contributed by atoms with Crippen LogP contribution in [0, 0.1) is 0 Å². The van der Waals surface area contributed by atoms with E-state index in [0.717, 1.165) is 17.7 Å². The second-order valence-corrected chi connectivity index (χ2v) is 7.95. The molecule has 29 heavy (non-hydrogen) atoms. The van der Waals surface area contributed by atoms with Crippen molar-refractivity contribution >= 4 is 22.9 Å². The van der Waals surface area contributed by atoms with Gasteiger partial charge in [-0.2, -0.15) is 0 Å². The van der Waals surface area contributed by atoms with Gasteiger partial charge in [0.05, 0.1) is 21.7 Å². The number of rotatable bonds is 6. The van der Waals surface area contributed by atoms with Crippen molar-refractivity contribution in [1.82, 2.24) is 5.16 Å². The molecule has 0 atom stereocenters. The van der Waals surface area contributed by atoms with Crippen molar-refractivity contribution < 1.29 is 14.1 Å². The second kappa shape index (κ2) is 7.22. The number of hydrogen-bond acceptors (Lipinski definition) is 5. The Morgan fingerprint density at radius 3 is 2.59 bits per heavy atom. The Morgan fingerprint density at radius 1 is 1.03 bits per heavy atom. The highest BCUT2D eigenvalue weighted by atomic mass is 32.1. The lowest BCUT2D eigenvalue weighted by Gasteiger charge is -2.15. The molecule has 0 saturated heterocycles. The maximum atomic E-state index is 13.2. The third kappa shape index (κ3) is 3.43. The van der Waals surface area contributed by atoms with Crippen molar-refractivity contribution in [3.63, 3.8) is 0 Å². The van der Waals surface area contributed by atoms with Crippen molar-refractivity contribution in [1.29, 1.82) is 0 Å². The topological polar surface area (TPSA) is 64.4 Å². The van der Waals surface area contributed by atoms with Crippen LogP contribution in [0.1, 0.15) is 18.5 Å². The minimum absolute atomic E-state index is 0.0901. The summed E-state index contributed by atoms with van der Waals surface area (Å²) >= 11 is 1.58. The SMILES string of the molecule is O=C(Nc1ccccc1Oc1ccccc1)C1(c2cc(-c3cccs3)on2)CC1. The number of para-hydroxylation sites is 3. The Labute approximate surface area is 171 Å². The van der Waals surface area contributed by atoms with Crippen LogP contribution in [0.3, 0.4) is 0 Å². The van der Waals surface area contributed by atoms with Gasteiger partial charge in [0, 0.05) is 6.07 Å². The van der Waals surface area contributed by atoms with Gasteiger partial charge in [0.2, 0.25) is 5.91 Å². The molecular weight excluding hydrogens is 384 g/mol. The maximum Gasteiger partial charge on any atom is 0.236 e. The summed E-state index contributed by atoms with van der Waals surface area (Å²) < 4.78 is 11.4. The molecule has 0 unspecified atom stereocenters. The third-order valence-electron chi connectivity index (χ3n) is 5.06. The first-order valence-electron chi connectivity index (χ1n) is 9.39. The van der Waals surface area contributed by atoms with Gasteiger partial charge in [-0.1, -0.05) is 41.6 Å². The van der Waals surface area contributed by atoms with E-state index in [-0.39, 0.29) is 5.91 Å². The molecule has 0 aliphatic heterocycles. The quantitative estimate of drug-likeness (QED) is 0.438. The van der Waals surface area contributed by atoms with Crippen LogP contribution in [-0.4, -0.2) is 11.1 Å². The summed E-state index contributed by atoms with van der Waals surface area (Å²) in [7, 11) is 0. The number of amides is 1. The lowest BCUT2D eigenvalue weighted by Crippen LogP contribution is -2.28. The Morgan fingerprint density at radius 2 is 1.83 bits per heavy atom. The van der Waals surface area contributed by atoms with Crippen LogP contribution in [0.4, 0.5) is 5.69 Å². The number of nitrogens with zero attached hydrogens (tertiary/aromatic N) is 1. The number of aromatic nitrogens is 1. The van der Waals surface area contributed by atoms with Crippen LogP contribution < -0.4 is 10.1 Å². The Balaban J connectivity index is 1.37. The molecule has 4 aromatic rings. The highest BCUT2D eigenvalue weighted by molar-refractivity contribution is 7.13. The van der Waals surface area contributed by atoms with E-state index in [1.165, 1.54) is 0 Å². The van der Waals surface area contributed by atoms with Crippen molar-refractivity contribution in [2.24, 2.45) is 0 Å². The lowest BCUT2D eigenvalue weighted by atomic mass is 10.0. The molecule has 5 rings (SSSR count). The summed E-state index contributed by atoms with van der Waals surface area (Å²) in [6, 6.07) is 22.8. The van der Waals surface area contributed by atoms with Gasteiger partial charge in [0.15, 0.2) is 11.5 Å². The highest BCUT2D eigenvalue weighted by Gasteiger charge is 2.54. The van der Waals surface area contributed by atoms with E-state index in [0.29, 0.717) is 28.6 Å². The van der Waals surface area contributed by atoms with Gasteiger partial charge in [0.25, 0.3) is 0 Å². The number of carbonyl (C=O) groups is 1. The van der Waals surface area contributed by atoms with Gasteiger partial charge in [-0.3, -0.25) is 4.79 Å². The Bertz CT molecular complexity index is 1130. The Kier molecular flexibility index (Phi) is 4.41. The van der Waals surface area contributed by atoms with E-state index in [9.17, 15) is 4.79 Å². The van der Waals surface area contributed by atoms with Crippen molar-refractivity contribution in [2.75, 3.05) is 5.32 Å². The smallest absolute Gasteiger partial charge is 0.236 e. The number of carbonyl (C=O) groups excluding carboxylic acids is 1. The molecule has 144 valence electrons. The van der Waals surface area contributed by atoms with Gasteiger partial charge in [-0.25, -0.2) is 0 Å². The van der Waals surface area contributed by atoms with Crippen LogP contribution in [-0.2, 0) is 10.2 Å². The van der Waals surface area contributed by atoms with Crippen LogP contribution in [0.25, 0.3) is 10.6 Å². The first-order valence-corrected chi connectivity index (χ1v) is 10.3. The maximum absolute atomic E-state index is 13.2. The summed E-state index contributed by atoms with van der Waals surface area (Å²) in [5, 5.41) is 9.22. The van der Waals surface area contributed by atoms with E-state index < -0.39 is 5.41 Å². The van der Waals surface area contributed by atoms with E-state index >= 15 is 0 Å². The van der Waals surface area contributed by atoms with Crippen LogP contribution in [0.5, 0.6) is 11.5 Å². The fraction of sp³-hybridized carbons (Fsp3) is 0.130. The number of anilines is 1. The largest absolute Gasteiger partial charge is 0.455 e. The lowest BCUT2D eigenvalue weighted by molar-refractivity contribution is -0.118. The average Bonchev–Trinajstić information content (AvgIpc) is 3.15. The van der Waals surface area contributed by atoms with Gasteiger partial charge < -0.3 is 14.6 Å². The summed E-state index contributed by atoms with van der Waals surface area (Å²) in [4.78, 5) is 14.2. The molecule has 1 amide bonds. The second-order valence-electron chi connectivity index (χ2n) is 7.00. The number of hydrogen-bond donors (Lipinski definition) is 1. The normalized spacial score (nSPS) is 14.3. The Hall–Kier alpha value is -3.38. The van der Waals surface area contributed by atoms with E-state index in [1.54, 1.807) is 11.3 Å². The zero-order valence-corrected chi connectivity index (χ0v) is 16.3. The molecule has 2 aromatic heterocycles. The molecule has 6 heteroatoms. The molecule has 2 aromatic carbocycles. The van der Waals surface area contributed by atoms with Crippen molar-refractivity contribution in [3.8, 4) is 22.1 Å². The number of ether oxygens (including phenoxy) is 1. The first-order chi connectivity index (χ1) is 14.2. The standard InChI is InChI=1S/C23H18N2O3S/c26-22(23(12-13-23)21-15-19(28-25-21)20-11-6-14-29-20)24-17-9-4-5-10-18(17)27-16-7-2-1-3-8-16/h1-11,14-15H,12-13H2,(H,24,26). The highest BCUT2D eigenvalue weighted by Crippen LogP contribution is 2.49. The van der Waals surface area contributed by atoms with Gasteiger partial charge in [0.1, 0.15) is 5.75 Å². The zero-order chi connectivity index (χ0) is 19.7. The monoisotopic (exact) mass is 402 g/mol. The fourth-order valence-corrected chi connectivity index (χ4v) is 3.95. The number of thiophene rings is 1. The van der Waals surface area contributed by atoms with Gasteiger partial charge >= 0.3 is 0 Å². The minimum atomic E-state index is -0.640. The molecule has 1 saturated carbocycles. The predicted octanol–water partition coefficient (Wildman–Crippen LogP) is 5.87. The van der Waals surface area contributed by atoms with Crippen LogP contribution in [0.2, 0.25) is 0 Å². The molecule has 0 radical (unpaired) electrons. The molecule has 1 aliphatic carbocycles. The van der Waals surface area contributed by atoms with Crippen LogP contribution in [0.15, 0.2) is 82.7 Å².